The monoisotopic (exact) mass is 411 g/mol. The van der Waals surface area contributed by atoms with Crippen LogP contribution in [0.1, 0.15) is 45.2 Å². The van der Waals surface area contributed by atoms with Gasteiger partial charge in [0.05, 0.1) is 12.2 Å². The van der Waals surface area contributed by atoms with E-state index in [1.807, 2.05) is 61.5 Å². The molecule has 0 radical (unpaired) electrons. The normalized spacial score (nSPS) is 11.8. The Morgan fingerprint density at radius 1 is 0.968 bits per heavy atom. The van der Waals surface area contributed by atoms with Crippen LogP contribution in [0.25, 0.3) is 0 Å². The van der Waals surface area contributed by atoms with E-state index >= 15 is 0 Å². The predicted molar refractivity (Wildman–Crippen MR) is 120 cm³/mol. The van der Waals surface area contributed by atoms with Crippen LogP contribution >= 0.6 is 0 Å². The van der Waals surface area contributed by atoms with Crippen LogP contribution in [0.3, 0.4) is 0 Å². The summed E-state index contributed by atoms with van der Waals surface area (Å²) in [7, 11) is 0. The number of nitrogens with zero attached hydrogens (tertiary/aromatic N) is 4. The SMILES string of the molecule is Cc1ccc([C@@H](NC(=O)c2cn(CCCc3ccccc3)nn2)c2ccncc2)cc1. The van der Waals surface area contributed by atoms with Crippen LogP contribution in [0.5, 0.6) is 0 Å². The number of benzene rings is 2. The third-order valence-electron chi connectivity index (χ3n) is 5.19. The molecule has 0 aliphatic carbocycles. The largest absolute Gasteiger partial charge is 0.340 e. The second-order valence-corrected chi connectivity index (χ2v) is 7.55. The van der Waals surface area contributed by atoms with Crippen molar-refractivity contribution >= 4 is 5.91 Å². The maximum atomic E-state index is 12.9. The van der Waals surface area contributed by atoms with Gasteiger partial charge in [0, 0.05) is 18.9 Å². The lowest BCUT2D eigenvalue weighted by Gasteiger charge is -2.19. The highest BCUT2D eigenvalue weighted by Gasteiger charge is 2.20. The minimum Gasteiger partial charge on any atom is -0.340 e. The van der Waals surface area contributed by atoms with Crippen molar-refractivity contribution in [3.63, 3.8) is 0 Å². The van der Waals surface area contributed by atoms with E-state index in [9.17, 15) is 4.79 Å². The van der Waals surface area contributed by atoms with Gasteiger partial charge in [0.1, 0.15) is 0 Å². The van der Waals surface area contributed by atoms with Gasteiger partial charge in [0.15, 0.2) is 5.69 Å². The minimum atomic E-state index is -0.292. The number of rotatable bonds is 8. The van der Waals surface area contributed by atoms with E-state index < -0.39 is 0 Å². The molecule has 0 fully saturated rings. The Hall–Kier alpha value is -3.80. The molecule has 0 saturated heterocycles. The summed E-state index contributed by atoms with van der Waals surface area (Å²) < 4.78 is 1.73. The molecule has 0 aliphatic rings. The molecule has 6 heteroatoms. The van der Waals surface area contributed by atoms with E-state index in [2.05, 4.69) is 32.7 Å². The minimum absolute atomic E-state index is 0.253. The van der Waals surface area contributed by atoms with Crippen LogP contribution in [-0.2, 0) is 13.0 Å². The van der Waals surface area contributed by atoms with E-state index in [-0.39, 0.29) is 11.9 Å². The summed E-state index contributed by atoms with van der Waals surface area (Å²) in [4.78, 5) is 17.0. The first kappa shape index (κ1) is 20.5. The molecule has 0 saturated carbocycles. The molecule has 1 N–H and O–H groups in total. The molecule has 0 bridgehead atoms. The molecule has 1 amide bonds. The number of carbonyl (C=O) groups excluding carboxylic acids is 1. The van der Waals surface area contributed by atoms with Crippen molar-refractivity contribution < 1.29 is 4.79 Å². The molecule has 156 valence electrons. The van der Waals surface area contributed by atoms with Crippen LogP contribution in [-0.4, -0.2) is 25.9 Å². The fourth-order valence-electron chi connectivity index (χ4n) is 3.48. The van der Waals surface area contributed by atoms with Gasteiger partial charge in [0.25, 0.3) is 5.91 Å². The van der Waals surface area contributed by atoms with Gasteiger partial charge in [-0.3, -0.25) is 14.5 Å². The lowest BCUT2D eigenvalue weighted by Crippen LogP contribution is -2.29. The van der Waals surface area contributed by atoms with Crippen molar-refractivity contribution in [1.82, 2.24) is 25.3 Å². The molecule has 4 rings (SSSR count). The zero-order valence-corrected chi connectivity index (χ0v) is 17.5. The Bertz CT molecular complexity index is 1110. The quantitative estimate of drug-likeness (QED) is 0.473. The number of hydrogen-bond acceptors (Lipinski definition) is 4. The maximum absolute atomic E-state index is 12.9. The number of carbonyl (C=O) groups is 1. The molecular weight excluding hydrogens is 386 g/mol. The highest BCUT2D eigenvalue weighted by atomic mass is 16.2. The summed E-state index contributed by atoms with van der Waals surface area (Å²) in [5, 5.41) is 11.3. The molecule has 6 nitrogen and oxygen atoms in total. The summed E-state index contributed by atoms with van der Waals surface area (Å²) in [6.45, 7) is 2.75. The Morgan fingerprint density at radius 2 is 1.68 bits per heavy atom. The van der Waals surface area contributed by atoms with Gasteiger partial charge < -0.3 is 5.32 Å². The van der Waals surface area contributed by atoms with E-state index in [1.165, 1.54) is 11.1 Å². The van der Waals surface area contributed by atoms with Gasteiger partial charge in [0.2, 0.25) is 0 Å². The van der Waals surface area contributed by atoms with Crippen LogP contribution in [0.15, 0.2) is 85.3 Å². The molecule has 31 heavy (non-hydrogen) atoms. The van der Waals surface area contributed by atoms with Gasteiger partial charge in [-0.25, -0.2) is 0 Å². The number of hydrogen-bond donors (Lipinski definition) is 1. The third-order valence-corrected chi connectivity index (χ3v) is 5.19. The molecular formula is C25H25N5O. The summed E-state index contributed by atoms with van der Waals surface area (Å²) in [5.74, 6) is -0.253. The summed E-state index contributed by atoms with van der Waals surface area (Å²) in [5.41, 5.74) is 4.73. The van der Waals surface area contributed by atoms with E-state index in [0.29, 0.717) is 12.2 Å². The number of aryl methyl sites for hydroxylation is 3. The Labute approximate surface area is 182 Å². The van der Waals surface area contributed by atoms with Crippen molar-refractivity contribution in [3.8, 4) is 0 Å². The third kappa shape index (κ3) is 5.42. The molecule has 2 heterocycles. The molecule has 0 aliphatic heterocycles. The average molecular weight is 412 g/mol. The molecule has 4 aromatic rings. The first-order chi connectivity index (χ1) is 15.2. The Balaban J connectivity index is 1.43. The van der Waals surface area contributed by atoms with Gasteiger partial charge in [-0.15, -0.1) is 5.10 Å². The number of pyridine rings is 1. The van der Waals surface area contributed by atoms with Gasteiger partial charge in [-0.05, 0) is 48.6 Å². The van der Waals surface area contributed by atoms with E-state index in [0.717, 1.165) is 24.0 Å². The molecule has 0 spiro atoms. The maximum Gasteiger partial charge on any atom is 0.274 e. The highest BCUT2D eigenvalue weighted by Crippen LogP contribution is 2.22. The van der Waals surface area contributed by atoms with Crippen molar-refractivity contribution in [2.45, 2.75) is 32.4 Å². The Morgan fingerprint density at radius 3 is 2.42 bits per heavy atom. The van der Waals surface area contributed by atoms with Crippen molar-refractivity contribution in [2.24, 2.45) is 0 Å². The number of amides is 1. The first-order valence-electron chi connectivity index (χ1n) is 10.4. The van der Waals surface area contributed by atoms with Crippen LogP contribution in [0.4, 0.5) is 0 Å². The smallest absolute Gasteiger partial charge is 0.274 e. The number of nitrogens with one attached hydrogen (secondary N) is 1. The molecule has 1 atom stereocenters. The van der Waals surface area contributed by atoms with Crippen molar-refractivity contribution in [2.75, 3.05) is 0 Å². The first-order valence-corrected chi connectivity index (χ1v) is 10.4. The number of aromatic nitrogens is 4. The van der Waals surface area contributed by atoms with E-state index in [4.69, 9.17) is 0 Å². The molecule has 2 aromatic carbocycles. The van der Waals surface area contributed by atoms with Crippen molar-refractivity contribution in [1.29, 1.82) is 0 Å². The zero-order chi connectivity index (χ0) is 21.5. The van der Waals surface area contributed by atoms with Crippen LogP contribution in [0.2, 0.25) is 0 Å². The average Bonchev–Trinajstić information content (AvgIpc) is 3.28. The fraction of sp³-hybridized carbons (Fsp3) is 0.200. The second-order valence-electron chi connectivity index (χ2n) is 7.55. The lowest BCUT2D eigenvalue weighted by molar-refractivity contribution is 0.0938. The predicted octanol–water partition coefficient (Wildman–Crippen LogP) is 4.13. The van der Waals surface area contributed by atoms with Crippen LogP contribution in [0, 0.1) is 6.92 Å². The summed E-state index contributed by atoms with van der Waals surface area (Å²) >= 11 is 0. The van der Waals surface area contributed by atoms with Gasteiger partial charge in [-0.2, -0.15) is 0 Å². The zero-order valence-electron chi connectivity index (χ0n) is 17.5. The van der Waals surface area contributed by atoms with Gasteiger partial charge in [-0.1, -0.05) is 65.4 Å². The van der Waals surface area contributed by atoms with Crippen LogP contribution < -0.4 is 5.32 Å². The topological polar surface area (TPSA) is 72.7 Å². The lowest BCUT2D eigenvalue weighted by atomic mass is 9.98. The summed E-state index contributed by atoms with van der Waals surface area (Å²) in [6, 6.07) is 22.0. The highest BCUT2D eigenvalue weighted by molar-refractivity contribution is 5.92. The standard InChI is InChI=1S/C25H25N5O/c1-19-9-11-21(12-10-19)24(22-13-15-26-16-14-22)27-25(31)23-18-30(29-28-23)17-5-8-20-6-3-2-4-7-20/h2-4,6-7,9-16,18,24H,5,8,17H2,1H3,(H,27,31)/t24-/m1/s1. The van der Waals surface area contributed by atoms with Gasteiger partial charge >= 0.3 is 0 Å². The molecule has 0 unspecified atom stereocenters. The summed E-state index contributed by atoms with van der Waals surface area (Å²) in [6.07, 6.45) is 7.05. The fourth-order valence-corrected chi connectivity index (χ4v) is 3.48. The second kappa shape index (κ2) is 9.80. The Kier molecular flexibility index (Phi) is 6.47. The van der Waals surface area contributed by atoms with Crippen molar-refractivity contribution in [3.05, 3.63) is 113 Å². The molecule has 2 aromatic heterocycles. The van der Waals surface area contributed by atoms with E-state index in [1.54, 1.807) is 23.3 Å².